The van der Waals surface area contributed by atoms with E-state index in [0.717, 1.165) is 17.8 Å². The van der Waals surface area contributed by atoms with Gasteiger partial charge < -0.3 is 0 Å². The minimum Gasteiger partial charge on any atom is -0.273 e. The second-order valence-corrected chi connectivity index (χ2v) is 8.43. The maximum absolute atomic E-state index is 13.7. The molecular weight excluding hydrogens is 327 g/mol. The molecule has 0 saturated heterocycles. The van der Waals surface area contributed by atoms with Gasteiger partial charge in [0.05, 0.1) is 11.2 Å². The van der Waals surface area contributed by atoms with E-state index >= 15 is 0 Å². The Balaban J connectivity index is 1.38. The lowest BCUT2D eigenvalue weighted by Crippen LogP contribution is -2.47. The van der Waals surface area contributed by atoms with Crippen molar-refractivity contribution in [2.75, 3.05) is 0 Å². The fourth-order valence-electron chi connectivity index (χ4n) is 5.69. The Labute approximate surface area is 146 Å². The van der Waals surface area contributed by atoms with Crippen LogP contribution in [0.3, 0.4) is 0 Å². The molecule has 0 unspecified atom stereocenters. The van der Waals surface area contributed by atoms with Crippen LogP contribution in [-0.4, -0.2) is 12.1 Å². The Hall–Kier alpha value is -1.42. The van der Waals surface area contributed by atoms with Gasteiger partial charge in [-0.05, 0) is 73.8 Å². The average Bonchev–Trinajstić information content (AvgIpc) is 2.48. The number of nitrogens with zero attached hydrogens (tertiary/aromatic N) is 1. The fraction of sp³-hybridized carbons (Fsp3) is 0.579. The summed E-state index contributed by atoms with van der Waals surface area (Å²) in [4.78, 5) is 12.3. The lowest BCUT2D eigenvalue weighted by atomic mass is 9.49. The number of carbonyl (C=O) groups is 1. The molecular formula is C19H22ClFN2O. The molecule has 5 heteroatoms. The first-order valence-electron chi connectivity index (χ1n) is 8.79. The third kappa shape index (κ3) is 3.08. The van der Waals surface area contributed by atoms with Crippen molar-refractivity contribution in [1.29, 1.82) is 0 Å². The van der Waals surface area contributed by atoms with Gasteiger partial charge >= 0.3 is 0 Å². The summed E-state index contributed by atoms with van der Waals surface area (Å²) in [5, 5.41) is 4.20. The molecule has 4 aliphatic rings. The van der Waals surface area contributed by atoms with Crippen LogP contribution >= 0.6 is 11.6 Å². The van der Waals surface area contributed by atoms with Crippen molar-refractivity contribution in [3.63, 3.8) is 0 Å². The van der Waals surface area contributed by atoms with Gasteiger partial charge in [0.1, 0.15) is 5.82 Å². The maximum atomic E-state index is 13.7. The zero-order valence-electron chi connectivity index (χ0n) is 13.6. The highest BCUT2D eigenvalue weighted by molar-refractivity contribution is 6.33. The van der Waals surface area contributed by atoms with Crippen molar-refractivity contribution in [3.05, 3.63) is 34.6 Å². The molecule has 0 radical (unpaired) electrons. The second kappa shape index (κ2) is 6.14. The second-order valence-electron chi connectivity index (χ2n) is 8.02. The van der Waals surface area contributed by atoms with Crippen LogP contribution in [0.25, 0.3) is 0 Å². The topological polar surface area (TPSA) is 41.5 Å². The van der Waals surface area contributed by atoms with E-state index in [1.54, 1.807) is 12.1 Å². The largest absolute Gasteiger partial charge is 0.273 e. The maximum Gasteiger partial charge on any atom is 0.240 e. The monoisotopic (exact) mass is 348 g/mol. The Morgan fingerprint density at radius 3 is 2.46 bits per heavy atom. The number of nitrogens with one attached hydrogen (secondary N) is 1. The quantitative estimate of drug-likeness (QED) is 0.630. The highest BCUT2D eigenvalue weighted by Crippen LogP contribution is 2.61. The van der Waals surface area contributed by atoms with Crippen LogP contribution < -0.4 is 5.43 Å². The molecule has 0 aliphatic heterocycles. The van der Waals surface area contributed by atoms with Crippen LogP contribution in [0.1, 0.15) is 50.5 Å². The highest BCUT2D eigenvalue weighted by Gasteiger charge is 2.51. The summed E-state index contributed by atoms with van der Waals surface area (Å²) in [6, 6.07) is 4.47. The molecule has 4 aliphatic carbocycles. The van der Waals surface area contributed by atoms with Crippen LogP contribution in [0.4, 0.5) is 4.39 Å². The summed E-state index contributed by atoms with van der Waals surface area (Å²) in [6.45, 7) is 0. The van der Waals surface area contributed by atoms with E-state index in [0.29, 0.717) is 6.42 Å². The number of benzene rings is 1. The van der Waals surface area contributed by atoms with Crippen LogP contribution in [0, 0.1) is 29.0 Å². The molecule has 24 heavy (non-hydrogen) atoms. The third-order valence-electron chi connectivity index (χ3n) is 6.08. The van der Waals surface area contributed by atoms with Gasteiger partial charge in [0.15, 0.2) is 0 Å². The number of hydrogen-bond acceptors (Lipinski definition) is 2. The third-order valence-corrected chi connectivity index (χ3v) is 6.41. The summed E-state index contributed by atoms with van der Waals surface area (Å²) >= 11 is 5.95. The minimum absolute atomic E-state index is 0.0688. The van der Waals surface area contributed by atoms with Crippen LogP contribution in [0.5, 0.6) is 0 Å². The molecule has 4 bridgehead atoms. The van der Waals surface area contributed by atoms with Gasteiger partial charge in [0, 0.05) is 12.0 Å². The molecule has 3 nitrogen and oxygen atoms in total. The van der Waals surface area contributed by atoms with Gasteiger partial charge in [-0.25, -0.2) is 9.82 Å². The first-order chi connectivity index (χ1) is 11.5. The average molecular weight is 349 g/mol. The Kier molecular flexibility index (Phi) is 4.11. The van der Waals surface area contributed by atoms with Crippen molar-refractivity contribution < 1.29 is 9.18 Å². The minimum atomic E-state index is -0.443. The molecule has 1 amide bonds. The molecule has 0 atom stereocenters. The molecule has 4 fully saturated rings. The highest BCUT2D eigenvalue weighted by atomic mass is 35.5. The number of carbonyl (C=O) groups excluding carboxylic acids is 1. The van der Waals surface area contributed by atoms with Gasteiger partial charge in [-0.2, -0.15) is 5.10 Å². The summed E-state index contributed by atoms with van der Waals surface area (Å²) in [6.07, 6.45) is 9.49. The molecule has 0 heterocycles. The van der Waals surface area contributed by atoms with E-state index in [1.807, 2.05) is 0 Å². The number of halogens is 2. The van der Waals surface area contributed by atoms with Crippen LogP contribution in [-0.2, 0) is 4.79 Å². The smallest absolute Gasteiger partial charge is 0.240 e. The molecule has 0 spiro atoms. The van der Waals surface area contributed by atoms with Crippen LogP contribution in [0.15, 0.2) is 23.3 Å². The standard InChI is InChI=1S/C19H22ClFN2O/c20-16-2-1-3-17(21)15(16)11-22-23-18(24)10-19-7-12-4-13(8-19)6-14(5-12)9-19/h1-3,11-14H,4-10H2,(H,23,24)/b22-11-. The SMILES string of the molecule is O=C(CC12CC3CC(CC(C3)C1)C2)N/N=C\c1c(F)cccc1Cl. The van der Waals surface area contributed by atoms with Crippen molar-refractivity contribution in [2.45, 2.75) is 44.9 Å². The molecule has 4 saturated carbocycles. The number of hydrogen-bond donors (Lipinski definition) is 1. The van der Waals surface area contributed by atoms with E-state index < -0.39 is 5.82 Å². The van der Waals surface area contributed by atoms with Crippen molar-refractivity contribution in [3.8, 4) is 0 Å². The Morgan fingerprint density at radius 1 is 1.25 bits per heavy atom. The van der Waals surface area contributed by atoms with Crippen molar-refractivity contribution >= 4 is 23.7 Å². The normalized spacial score (nSPS) is 34.0. The van der Waals surface area contributed by atoms with Crippen LogP contribution in [0.2, 0.25) is 5.02 Å². The first kappa shape index (κ1) is 16.1. The van der Waals surface area contributed by atoms with Gasteiger partial charge in [-0.15, -0.1) is 0 Å². The van der Waals surface area contributed by atoms with E-state index in [4.69, 9.17) is 11.6 Å². The van der Waals surface area contributed by atoms with E-state index in [-0.39, 0.29) is 21.9 Å². The molecule has 1 aromatic rings. The molecule has 128 valence electrons. The fourth-order valence-corrected chi connectivity index (χ4v) is 5.90. The lowest BCUT2D eigenvalue weighted by molar-refractivity contribution is -0.129. The predicted molar refractivity (Wildman–Crippen MR) is 92.4 cm³/mol. The number of amides is 1. The van der Waals surface area contributed by atoms with E-state index in [9.17, 15) is 9.18 Å². The number of rotatable bonds is 4. The van der Waals surface area contributed by atoms with E-state index in [1.165, 1.54) is 50.8 Å². The lowest BCUT2D eigenvalue weighted by Gasteiger charge is -2.56. The zero-order valence-corrected chi connectivity index (χ0v) is 14.4. The summed E-state index contributed by atoms with van der Waals surface area (Å²) in [5.74, 6) is 1.96. The zero-order chi connectivity index (χ0) is 16.7. The first-order valence-corrected chi connectivity index (χ1v) is 9.17. The Bertz CT molecular complexity index is 632. The van der Waals surface area contributed by atoms with Crippen molar-refractivity contribution in [2.24, 2.45) is 28.3 Å². The Morgan fingerprint density at radius 2 is 1.88 bits per heavy atom. The summed E-state index contributed by atoms with van der Waals surface area (Å²) < 4.78 is 13.7. The summed E-state index contributed by atoms with van der Waals surface area (Å²) in [5.41, 5.74) is 2.95. The van der Waals surface area contributed by atoms with Gasteiger partial charge in [-0.3, -0.25) is 4.79 Å². The van der Waals surface area contributed by atoms with Gasteiger partial charge in [0.2, 0.25) is 5.91 Å². The molecule has 1 N–H and O–H groups in total. The number of hydrazone groups is 1. The van der Waals surface area contributed by atoms with Gasteiger partial charge in [0.25, 0.3) is 0 Å². The van der Waals surface area contributed by atoms with Crippen molar-refractivity contribution in [1.82, 2.24) is 5.43 Å². The predicted octanol–water partition coefficient (Wildman–Crippen LogP) is 4.54. The van der Waals surface area contributed by atoms with E-state index in [2.05, 4.69) is 10.5 Å². The molecule has 1 aromatic carbocycles. The molecule has 5 rings (SSSR count). The molecule has 0 aromatic heterocycles. The summed E-state index contributed by atoms with van der Waals surface area (Å²) in [7, 11) is 0. The van der Waals surface area contributed by atoms with Gasteiger partial charge in [-0.1, -0.05) is 17.7 Å².